The van der Waals surface area contributed by atoms with Crippen LogP contribution in [0.2, 0.25) is 0 Å². The molecule has 0 bridgehead atoms. The Hall–Kier alpha value is -2.33. The van der Waals surface area contributed by atoms with Crippen LogP contribution in [-0.4, -0.2) is 25.5 Å². The van der Waals surface area contributed by atoms with Crippen LogP contribution in [0.25, 0.3) is 0 Å². The average Bonchev–Trinajstić information content (AvgIpc) is 2.58. The van der Waals surface area contributed by atoms with E-state index >= 15 is 0 Å². The third kappa shape index (κ3) is 4.90. The molecule has 2 rings (SSSR count). The zero-order valence-corrected chi connectivity index (χ0v) is 12.8. The van der Waals surface area contributed by atoms with E-state index in [0.29, 0.717) is 18.7 Å². The van der Waals surface area contributed by atoms with Crippen molar-refractivity contribution in [2.45, 2.75) is 13.5 Å². The van der Waals surface area contributed by atoms with Crippen LogP contribution >= 0.6 is 0 Å². The zero-order valence-electron chi connectivity index (χ0n) is 12.8. The van der Waals surface area contributed by atoms with E-state index in [2.05, 4.69) is 10.6 Å². The molecule has 0 saturated carbocycles. The minimum Gasteiger partial charge on any atom is -0.489 e. The molecule has 1 amide bonds. The highest BCUT2D eigenvalue weighted by Gasteiger charge is 2.10. The van der Waals surface area contributed by atoms with Gasteiger partial charge in [-0.3, -0.25) is 4.79 Å². The maximum absolute atomic E-state index is 12.2. The molecule has 22 heavy (non-hydrogen) atoms. The van der Waals surface area contributed by atoms with Gasteiger partial charge in [-0.25, -0.2) is 0 Å². The fourth-order valence-electron chi connectivity index (χ4n) is 2.08. The Bertz CT molecular complexity index is 585. The van der Waals surface area contributed by atoms with Crippen LogP contribution in [0, 0.1) is 0 Å². The molecule has 2 aromatic carbocycles. The van der Waals surface area contributed by atoms with Crippen LogP contribution in [0.4, 0.5) is 0 Å². The number of carbonyl (C=O) groups is 1. The molecule has 4 heteroatoms. The minimum absolute atomic E-state index is 0.0647. The molecule has 0 saturated heterocycles. The predicted molar refractivity (Wildman–Crippen MR) is 88.1 cm³/mol. The first-order valence-corrected chi connectivity index (χ1v) is 7.56. The Balaban J connectivity index is 1.95. The summed E-state index contributed by atoms with van der Waals surface area (Å²) in [6.45, 7) is 4.70. The van der Waals surface area contributed by atoms with Crippen molar-refractivity contribution in [2.24, 2.45) is 0 Å². The van der Waals surface area contributed by atoms with Crippen molar-refractivity contribution in [3.63, 3.8) is 0 Å². The van der Waals surface area contributed by atoms with Crippen molar-refractivity contribution in [3.05, 3.63) is 65.7 Å². The highest BCUT2D eigenvalue weighted by atomic mass is 16.5. The quantitative estimate of drug-likeness (QED) is 0.737. The molecule has 0 heterocycles. The number of hydrogen-bond donors (Lipinski definition) is 2. The summed E-state index contributed by atoms with van der Waals surface area (Å²) < 4.78 is 5.73. The Morgan fingerprint density at radius 3 is 2.50 bits per heavy atom. The average molecular weight is 298 g/mol. The van der Waals surface area contributed by atoms with E-state index in [4.69, 9.17) is 4.74 Å². The predicted octanol–water partition coefficient (Wildman–Crippen LogP) is 2.60. The van der Waals surface area contributed by atoms with E-state index in [9.17, 15) is 4.79 Å². The Labute approximate surface area is 131 Å². The van der Waals surface area contributed by atoms with Gasteiger partial charge in [0.2, 0.25) is 0 Å². The van der Waals surface area contributed by atoms with Crippen LogP contribution < -0.4 is 15.4 Å². The van der Waals surface area contributed by atoms with Crippen LogP contribution in [0.1, 0.15) is 22.8 Å². The summed E-state index contributed by atoms with van der Waals surface area (Å²) in [5.74, 6) is 0.732. The lowest BCUT2D eigenvalue weighted by Crippen LogP contribution is -2.32. The number of benzene rings is 2. The normalized spacial score (nSPS) is 10.2. The number of amides is 1. The number of hydrogen-bond acceptors (Lipinski definition) is 3. The second kappa shape index (κ2) is 8.85. The summed E-state index contributed by atoms with van der Waals surface area (Å²) in [7, 11) is 0. The summed E-state index contributed by atoms with van der Waals surface area (Å²) in [6.07, 6.45) is 0. The van der Waals surface area contributed by atoms with Gasteiger partial charge in [0.25, 0.3) is 5.91 Å². The standard InChI is InChI=1S/C18H22N2O2/c1-2-19-12-13-20-18(21)17-11-7-6-8-15(17)14-22-16-9-4-3-5-10-16/h3-11,19H,2,12-14H2,1H3,(H,20,21). The molecule has 0 aliphatic carbocycles. The number of likely N-dealkylation sites (N-methyl/N-ethyl adjacent to an activating group) is 1. The van der Waals surface area contributed by atoms with Gasteiger partial charge in [0.1, 0.15) is 12.4 Å². The number of carbonyl (C=O) groups excluding carboxylic acids is 1. The molecule has 0 aromatic heterocycles. The summed E-state index contributed by atoms with van der Waals surface area (Å²) in [6, 6.07) is 17.1. The minimum atomic E-state index is -0.0647. The van der Waals surface area contributed by atoms with Crippen molar-refractivity contribution < 1.29 is 9.53 Å². The summed E-state index contributed by atoms with van der Waals surface area (Å²) in [5.41, 5.74) is 1.54. The fraction of sp³-hybridized carbons (Fsp3) is 0.278. The van der Waals surface area contributed by atoms with Gasteiger partial charge in [0, 0.05) is 24.2 Å². The summed E-state index contributed by atoms with van der Waals surface area (Å²) in [5, 5.41) is 6.09. The molecule has 0 aliphatic rings. The number of ether oxygens (including phenoxy) is 1. The van der Waals surface area contributed by atoms with Gasteiger partial charge in [-0.05, 0) is 24.7 Å². The van der Waals surface area contributed by atoms with Gasteiger partial charge in [-0.1, -0.05) is 43.3 Å². The van der Waals surface area contributed by atoms with E-state index in [1.54, 1.807) is 0 Å². The molecule has 0 atom stereocenters. The number of nitrogens with one attached hydrogen (secondary N) is 2. The second-order valence-corrected chi connectivity index (χ2v) is 4.87. The molecule has 0 aliphatic heterocycles. The summed E-state index contributed by atoms with van der Waals surface area (Å²) >= 11 is 0. The van der Waals surface area contributed by atoms with Gasteiger partial charge >= 0.3 is 0 Å². The van der Waals surface area contributed by atoms with Gasteiger partial charge in [-0.15, -0.1) is 0 Å². The molecule has 4 nitrogen and oxygen atoms in total. The first-order chi connectivity index (χ1) is 10.8. The largest absolute Gasteiger partial charge is 0.489 e. The van der Waals surface area contributed by atoms with E-state index < -0.39 is 0 Å². The number of rotatable bonds is 8. The van der Waals surface area contributed by atoms with Crippen LogP contribution in [0.15, 0.2) is 54.6 Å². The SMILES string of the molecule is CCNCCNC(=O)c1ccccc1COc1ccccc1. The molecule has 0 radical (unpaired) electrons. The van der Waals surface area contributed by atoms with E-state index in [1.165, 1.54) is 0 Å². The highest BCUT2D eigenvalue weighted by Crippen LogP contribution is 2.14. The lowest BCUT2D eigenvalue weighted by molar-refractivity contribution is 0.0951. The first kappa shape index (κ1) is 16.0. The molecule has 116 valence electrons. The van der Waals surface area contributed by atoms with Gasteiger partial charge < -0.3 is 15.4 Å². The van der Waals surface area contributed by atoms with Crippen LogP contribution in [0.5, 0.6) is 5.75 Å². The molecule has 2 N–H and O–H groups in total. The zero-order chi connectivity index (χ0) is 15.6. The van der Waals surface area contributed by atoms with Crippen molar-refractivity contribution in [1.29, 1.82) is 0 Å². The first-order valence-electron chi connectivity index (χ1n) is 7.56. The van der Waals surface area contributed by atoms with Gasteiger partial charge in [0.05, 0.1) is 0 Å². The third-order valence-electron chi connectivity index (χ3n) is 3.24. The molecule has 0 spiro atoms. The molecule has 0 unspecified atom stereocenters. The second-order valence-electron chi connectivity index (χ2n) is 4.87. The smallest absolute Gasteiger partial charge is 0.251 e. The maximum atomic E-state index is 12.2. The topological polar surface area (TPSA) is 50.4 Å². The van der Waals surface area contributed by atoms with Crippen molar-refractivity contribution in [2.75, 3.05) is 19.6 Å². The Morgan fingerprint density at radius 1 is 1.00 bits per heavy atom. The Morgan fingerprint density at radius 2 is 1.73 bits per heavy atom. The van der Waals surface area contributed by atoms with E-state index in [1.807, 2.05) is 61.5 Å². The maximum Gasteiger partial charge on any atom is 0.251 e. The fourth-order valence-corrected chi connectivity index (χ4v) is 2.08. The third-order valence-corrected chi connectivity index (χ3v) is 3.24. The Kier molecular flexibility index (Phi) is 6.45. The molecule has 0 fully saturated rings. The van der Waals surface area contributed by atoms with Crippen molar-refractivity contribution in [1.82, 2.24) is 10.6 Å². The van der Waals surface area contributed by atoms with Crippen LogP contribution in [-0.2, 0) is 6.61 Å². The monoisotopic (exact) mass is 298 g/mol. The lowest BCUT2D eigenvalue weighted by atomic mass is 10.1. The van der Waals surface area contributed by atoms with Crippen LogP contribution in [0.3, 0.4) is 0 Å². The molecular formula is C18H22N2O2. The van der Waals surface area contributed by atoms with Gasteiger partial charge in [-0.2, -0.15) is 0 Å². The number of para-hydroxylation sites is 1. The van der Waals surface area contributed by atoms with E-state index in [0.717, 1.165) is 24.4 Å². The van der Waals surface area contributed by atoms with Gasteiger partial charge in [0.15, 0.2) is 0 Å². The van der Waals surface area contributed by atoms with Crippen molar-refractivity contribution >= 4 is 5.91 Å². The van der Waals surface area contributed by atoms with Crippen molar-refractivity contribution in [3.8, 4) is 5.75 Å². The summed E-state index contributed by atoms with van der Waals surface area (Å²) in [4.78, 5) is 12.2. The van der Waals surface area contributed by atoms with E-state index in [-0.39, 0.29) is 5.91 Å². The molecular weight excluding hydrogens is 276 g/mol. The highest BCUT2D eigenvalue weighted by molar-refractivity contribution is 5.95. The molecule has 2 aromatic rings. The lowest BCUT2D eigenvalue weighted by Gasteiger charge is -2.11.